The van der Waals surface area contributed by atoms with Gasteiger partial charge in [-0.05, 0) is 19.3 Å². The van der Waals surface area contributed by atoms with Gasteiger partial charge in [-0.2, -0.15) is 0 Å². The third-order valence-electron chi connectivity index (χ3n) is 3.18. The molecule has 1 aliphatic heterocycles. The lowest BCUT2D eigenvalue weighted by atomic mass is 9.88. The van der Waals surface area contributed by atoms with Gasteiger partial charge < -0.3 is 9.69 Å². The Labute approximate surface area is 85.5 Å². The Kier molecular flexibility index (Phi) is 3.29. The number of nitrogens with zero attached hydrogens (tertiary/aromatic N) is 1. The molecule has 0 radical (unpaired) electrons. The van der Waals surface area contributed by atoms with E-state index in [4.69, 9.17) is 0 Å². The van der Waals surface area contributed by atoms with E-state index in [0.717, 1.165) is 32.1 Å². The third kappa shape index (κ3) is 1.97. The second-order valence-corrected chi connectivity index (χ2v) is 4.58. The van der Waals surface area contributed by atoms with Crippen LogP contribution in [0.2, 0.25) is 0 Å². The van der Waals surface area contributed by atoms with Crippen LogP contribution in [0.3, 0.4) is 0 Å². The minimum Gasteiger partial charge on any atom is -0.332 e. The van der Waals surface area contributed by atoms with Gasteiger partial charge in [-0.15, -0.1) is 0 Å². The SMILES string of the molecule is CCC(C)(C)C(=O)N1CCCC1C=O. The van der Waals surface area contributed by atoms with E-state index in [9.17, 15) is 9.59 Å². The number of carbonyl (C=O) groups is 2. The third-order valence-corrected chi connectivity index (χ3v) is 3.18. The van der Waals surface area contributed by atoms with Gasteiger partial charge in [0, 0.05) is 12.0 Å². The van der Waals surface area contributed by atoms with Crippen molar-refractivity contribution in [2.75, 3.05) is 6.54 Å². The molecule has 1 unspecified atom stereocenters. The van der Waals surface area contributed by atoms with Crippen LogP contribution in [0, 0.1) is 5.41 Å². The zero-order valence-electron chi connectivity index (χ0n) is 9.25. The molecule has 3 nitrogen and oxygen atoms in total. The smallest absolute Gasteiger partial charge is 0.228 e. The van der Waals surface area contributed by atoms with Crippen molar-refractivity contribution in [1.29, 1.82) is 0 Å². The van der Waals surface area contributed by atoms with Crippen molar-refractivity contribution < 1.29 is 9.59 Å². The van der Waals surface area contributed by atoms with Crippen LogP contribution >= 0.6 is 0 Å². The summed E-state index contributed by atoms with van der Waals surface area (Å²) >= 11 is 0. The quantitative estimate of drug-likeness (QED) is 0.645. The Morgan fingerprint density at radius 1 is 1.57 bits per heavy atom. The number of rotatable bonds is 3. The van der Waals surface area contributed by atoms with Gasteiger partial charge in [0.25, 0.3) is 0 Å². The largest absolute Gasteiger partial charge is 0.332 e. The summed E-state index contributed by atoms with van der Waals surface area (Å²) < 4.78 is 0. The molecule has 0 aromatic heterocycles. The van der Waals surface area contributed by atoms with Gasteiger partial charge in [0.05, 0.1) is 6.04 Å². The molecule has 0 aliphatic carbocycles. The normalized spacial score (nSPS) is 22.5. The van der Waals surface area contributed by atoms with Crippen molar-refractivity contribution in [3.8, 4) is 0 Å². The van der Waals surface area contributed by atoms with Crippen molar-refractivity contribution in [2.24, 2.45) is 5.41 Å². The monoisotopic (exact) mass is 197 g/mol. The molecule has 0 N–H and O–H groups in total. The Hall–Kier alpha value is -0.860. The van der Waals surface area contributed by atoms with Crippen molar-refractivity contribution >= 4 is 12.2 Å². The fourth-order valence-corrected chi connectivity index (χ4v) is 1.73. The van der Waals surface area contributed by atoms with E-state index in [1.54, 1.807) is 4.90 Å². The lowest BCUT2D eigenvalue weighted by molar-refractivity contribution is -0.143. The number of aldehydes is 1. The van der Waals surface area contributed by atoms with Gasteiger partial charge in [-0.1, -0.05) is 20.8 Å². The Morgan fingerprint density at radius 3 is 2.71 bits per heavy atom. The predicted octanol–water partition coefficient (Wildman–Crippen LogP) is 1.61. The molecule has 0 aromatic rings. The molecular weight excluding hydrogens is 178 g/mol. The lowest BCUT2D eigenvalue weighted by Gasteiger charge is -2.30. The first-order chi connectivity index (χ1) is 6.53. The highest BCUT2D eigenvalue weighted by atomic mass is 16.2. The zero-order chi connectivity index (χ0) is 10.8. The summed E-state index contributed by atoms with van der Waals surface area (Å²) in [5.41, 5.74) is -0.328. The van der Waals surface area contributed by atoms with Crippen LogP contribution < -0.4 is 0 Å². The predicted molar refractivity (Wildman–Crippen MR) is 54.9 cm³/mol. The van der Waals surface area contributed by atoms with E-state index in [2.05, 4.69) is 0 Å². The summed E-state index contributed by atoms with van der Waals surface area (Å²) in [5.74, 6) is 0.120. The first-order valence-corrected chi connectivity index (χ1v) is 5.29. The molecule has 1 aliphatic rings. The van der Waals surface area contributed by atoms with Crippen molar-refractivity contribution in [2.45, 2.75) is 46.1 Å². The average Bonchev–Trinajstić information content (AvgIpc) is 2.64. The van der Waals surface area contributed by atoms with Crippen LogP contribution in [0.15, 0.2) is 0 Å². The van der Waals surface area contributed by atoms with E-state index < -0.39 is 0 Å². The first kappa shape index (κ1) is 11.2. The highest BCUT2D eigenvalue weighted by Gasteiger charge is 2.36. The molecule has 0 aromatic carbocycles. The second-order valence-electron chi connectivity index (χ2n) is 4.58. The fraction of sp³-hybridized carbons (Fsp3) is 0.818. The summed E-state index contributed by atoms with van der Waals surface area (Å²) in [6.07, 6.45) is 3.49. The van der Waals surface area contributed by atoms with Gasteiger partial charge in [0.1, 0.15) is 6.29 Å². The molecule has 1 fully saturated rings. The second kappa shape index (κ2) is 4.11. The Morgan fingerprint density at radius 2 is 2.21 bits per heavy atom. The molecule has 1 atom stereocenters. The maximum absolute atomic E-state index is 12.0. The highest BCUT2D eigenvalue weighted by molar-refractivity contribution is 5.85. The highest BCUT2D eigenvalue weighted by Crippen LogP contribution is 2.27. The first-order valence-electron chi connectivity index (χ1n) is 5.29. The van der Waals surface area contributed by atoms with Crippen LogP contribution in [0.25, 0.3) is 0 Å². The van der Waals surface area contributed by atoms with E-state index in [1.807, 2.05) is 20.8 Å². The Bertz CT molecular complexity index is 235. The minimum absolute atomic E-state index is 0.120. The number of hydrogen-bond donors (Lipinski definition) is 0. The molecule has 0 spiro atoms. The molecule has 1 rings (SSSR count). The van der Waals surface area contributed by atoms with Gasteiger partial charge in [-0.25, -0.2) is 0 Å². The summed E-state index contributed by atoms with van der Waals surface area (Å²) in [7, 11) is 0. The van der Waals surface area contributed by atoms with Gasteiger partial charge in [0.2, 0.25) is 5.91 Å². The van der Waals surface area contributed by atoms with Crippen molar-refractivity contribution in [1.82, 2.24) is 4.90 Å². The maximum atomic E-state index is 12.0. The van der Waals surface area contributed by atoms with Crippen LogP contribution in [0.1, 0.15) is 40.0 Å². The van der Waals surface area contributed by atoms with Gasteiger partial charge in [0.15, 0.2) is 0 Å². The number of carbonyl (C=O) groups excluding carboxylic acids is 2. The van der Waals surface area contributed by atoms with Crippen molar-refractivity contribution in [3.63, 3.8) is 0 Å². The standard InChI is InChI=1S/C11H19NO2/c1-4-11(2,3)10(14)12-7-5-6-9(12)8-13/h8-9H,4-7H2,1-3H3. The molecular formula is C11H19NO2. The minimum atomic E-state index is -0.328. The average molecular weight is 197 g/mol. The van der Waals surface area contributed by atoms with E-state index in [0.29, 0.717) is 0 Å². The zero-order valence-corrected chi connectivity index (χ0v) is 9.25. The maximum Gasteiger partial charge on any atom is 0.228 e. The van der Waals surface area contributed by atoms with Crippen LogP contribution in [-0.4, -0.2) is 29.7 Å². The molecule has 1 saturated heterocycles. The molecule has 1 heterocycles. The fourth-order valence-electron chi connectivity index (χ4n) is 1.73. The number of amides is 1. The molecule has 80 valence electrons. The summed E-state index contributed by atoms with van der Waals surface area (Å²) in [6.45, 7) is 6.63. The van der Waals surface area contributed by atoms with Crippen LogP contribution in [-0.2, 0) is 9.59 Å². The van der Waals surface area contributed by atoms with Gasteiger partial charge >= 0.3 is 0 Å². The molecule has 1 amide bonds. The number of hydrogen-bond acceptors (Lipinski definition) is 2. The van der Waals surface area contributed by atoms with Crippen LogP contribution in [0.4, 0.5) is 0 Å². The summed E-state index contributed by atoms with van der Waals surface area (Å²) in [4.78, 5) is 24.5. The summed E-state index contributed by atoms with van der Waals surface area (Å²) in [5, 5.41) is 0. The van der Waals surface area contributed by atoms with Crippen molar-refractivity contribution in [3.05, 3.63) is 0 Å². The van der Waals surface area contributed by atoms with E-state index in [-0.39, 0.29) is 17.4 Å². The molecule has 3 heteroatoms. The van der Waals surface area contributed by atoms with E-state index >= 15 is 0 Å². The number of likely N-dealkylation sites (tertiary alicyclic amines) is 1. The molecule has 0 bridgehead atoms. The Balaban J connectivity index is 2.73. The lowest BCUT2D eigenvalue weighted by Crippen LogP contribution is -2.43. The van der Waals surface area contributed by atoms with Crippen LogP contribution in [0.5, 0.6) is 0 Å². The molecule has 0 saturated carbocycles. The van der Waals surface area contributed by atoms with Gasteiger partial charge in [-0.3, -0.25) is 4.79 Å². The summed E-state index contributed by atoms with van der Waals surface area (Å²) in [6, 6.07) is -0.173. The topological polar surface area (TPSA) is 37.4 Å². The molecule has 14 heavy (non-hydrogen) atoms. The van der Waals surface area contributed by atoms with E-state index in [1.165, 1.54) is 0 Å².